The van der Waals surface area contributed by atoms with E-state index in [0.717, 1.165) is 56.1 Å². The fourth-order valence-electron chi connectivity index (χ4n) is 4.71. The first-order chi connectivity index (χ1) is 14.2. The Bertz CT molecular complexity index is 1010. The Labute approximate surface area is 170 Å². The minimum atomic E-state index is -0.131. The number of aromatic nitrogens is 4. The van der Waals surface area contributed by atoms with E-state index in [4.69, 9.17) is 4.98 Å². The summed E-state index contributed by atoms with van der Waals surface area (Å²) in [6, 6.07) is 7.61. The van der Waals surface area contributed by atoms with E-state index in [2.05, 4.69) is 32.5 Å². The summed E-state index contributed by atoms with van der Waals surface area (Å²) in [4.78, 5) is 30.4. The van der Waals surface area contributed by atoms with Crippen LogP contribution in [0, 0.1) is 0 Å². The zero-order valence-corrected chi connectivity index (χ0v) is 16.5. The Hall–Kier alpha value is -3.06. The van der Waals surface area contributed by atoms with Crippen LogP contribution in [0.3, 0.4) is 0 Å². The third kappa shape index (κ3) is 2.93. The van der Waals surface area contributed by atoms with Gasteiger partial charge in [-0.3, -0.25) is 19.7 Å². The van der Waals surface area contributed by atoms with Crippen molar-refractivity contribution in [1.82, 2.24) is 29.3 Å². The van der Waals surface area contributed by atoms with Gasteiger partial charge in [-0.15, -0.1) is 0 Å². The summed E-state index contributed by atoms with van der Waals surface area (Å²) < 4.78 is 2.34. The van der Waals surface area contributed by atoms with Gasteiger partial charge in [-0.1, -0.05) is 0 Å². The lowest BCUT2D eigenvalue weighted by Gasteiger charge is -2.49. The van der Waals surface area contributed by atoms with Gasteiger partial charge in [-0.25, -0.2) is 4.98 Å². The van der Waals surface area contributed by atoms with Crippen LogP contribution in [0.2, 0.25) is 0 Å². The van der Waals surface area contributed by atoms with E-state index in [9.17, 15) is 4.79 Å². The van der Waals surface area contributed by atoms with Crippen molar-refractivity contribution in [3.63, 3.8) is 0 Å². The number of hydrogen-bond acceptors (Lipinski definition) is 5. The molecule has 0 unspecified atom stereocenters. The second-order valence-electron chi connectivity index (χ2n) is 7.84. The van der Waals surface area contributed by atoms with Crippen molar-refractivity contribution in [3.8, 4) is 11.3 Å². The minimum Gasteiger partial charge on any atom is -0.338 e. The highest BCUT2D eigenvalue weighted by Gasteiger charge is 2.46. The number of piperidine rings is 1. The highest BCUT2D eigenvalue weighted by atomic mass is 16.2. The molecule has 5 rings (SSSR count). The van der Waals surface area contributed by atoms with Gasteiger partial charge in [0.2, 0.25) is 0 Å². The molecule has 0 bridgehead atoms. The Morgan fingerprint density at radius 3 is 2.48 bits per heavy atom. The highest BCUT2D eigenvalue weighted by molar-refractivity contribution is 5.94. The van der Waals surface area contributed by atoms with Crippen LogP contribution < -0.4 is 0 Å². The van der Waals surface area contributed by atoms with Crippen molar-refractivity contribution >= 4 is 5.91 Å². The summed E-state index contributed by atoms with van der Waals surface area (Å²) in [6.07, 6.45) is 10.8. The number of carbonyl (C=O) groups is 1. The van der Waals surface area contributed by atoms with Gasteiger partial charge in [-0.05, 0) is 44.2 Å². The van der Waals surface area contributed by atoms with Crippen LogP contribution in [0.5, 0.6) is 0 Å². The number of likely N-dealkylation sites (N-methyl/N-ethyl adjacent to an activating group) is 1. The number of pyridine rings is 2. The van der Waals surface area contributed by atoms with Crippen LogP contribution >= 0.6 is 0 Å². The Kier molecular flexibility index (Phi) is 4.39. The maximum atomic E-state index is 12.8. The highest BCUT2D eigenvalue weighted by Crippen LogP contribution is 2.41. The first-order valence-corrected chi connectivity index (χ1v) is 10.1. The summed E-state index contributed by atoms with van der Waals surface area (Å²) in [7, 11) is 2.18. The van der Waals surface area contributed by atoms with E-state index in [1.165, 1.54) is 0 Å². The largest absolute Gasteiger partial charge is 0.338 e. The third-order valence-corrected chi connectivity index (χ3v) is 6.42. The van der Waals surface area contributed by atoms with Gasteiger partial charge in [0.25, 0.3) is 5.91 Å². The molecule has 1 amide bonds. The first-order valence-electron chi connectivity index (χ1n) is 10.1. The zero-order valence-electron chi connectivity index (χ0n) is 16.5. The monoisotopic (exact) mass is 388 g/mol. The molecule has 148 valence electrons. The van der Waals surface area contributed by atoms with Gasteiger partial charge in [0, 0.05) is 62.1 Å². The van der Waals surface area contributed by atoms with Crippen LogP contribution in [0.4, 0.5) is 0 Å². The number of imidazole rings is 1. The number of hydrogen-bond donors (Lipinski definition) is 0. The van der Waals surface area contributed by atoms with Crippen LogP contribution in [-0.4, -0.2) is 61.9 Å². The smallest absolute Gasteiger partial charge is 0.253 e. The lowest BCUT2D eigenvalue weighted by molar-refractivity contribution is 0.0101. The molecule has 7 nitrogen and oxygen atoms in total. The Balaban J connectivity index is 1.42. The molecule has 0 aromatic carbocycles. The van der Waals surface area contributed by atoms with E-state index in [1.807, 2.05) is 23.4 Å². The zero-order chi connectivity index (χ0) is 19.8. The molecule has 29 heavy (non-hydrogen) atoms. The quantitative estimate of drug-likeness (QED) is 0.675. The summed E-state index contributed by atoms with van der Waals surface area (Å²) >= 11 is 0. The predicted octanol–water partition coefficient (Wildman–Crippen LogP) is 2.42. The van der Waals surface area contributed by atoms with Crippen molar-refractivity contribution < 1.29 is 4.79 Å². The predicted molar refractivity (Wildman–Crippen MR) is 109 cm³/mol. The summed E-state index contributed by atoms with van der Waals surface area (Å²) in [6.45, 7) is 3.33. The molecular weight excluding hydrogens is 364 g/mol. The number of carbonyl (C=O) groups excluding carboxylic acids is 1. The molecule has 0 saturated carbocycles. The molecule has 5 heterocycles. The molecule has 1 saturated heterocycles. The molecule has 2 aliphatic rings. The van der Waals surface area contributed by atoms with E-state index in [0.29, 0.717) is 5.56 Å². The molecule has 0 aliphatic carbocycles. The van der Waals surface area contributed by atoms with Crippen LogP contribution in [0.1, 0.15) is 29.0 Å². The second kappa shape index (κ2) is 7.08. The normalized spacial score (nSPS) is 18.6. The molecule has 2 aliphatic heterocycles. The summed E-state index contributed by atoms with van der Waals surface area (Å²) in [5.41, 5.74) is 2.79. The van der Waals surface area contributed by atoms with Crippen molar-refractivity contribution in [2.45, 2.75) is 24.9 Å². The van der Waals surface area contributed by atoms with Gasteiger partial charge in [0.15, 0.2) is 0 Å². The number of nitrogens with zero attached hydrogens (tertiary/aromatic N) is 6. The van der Waals surface area contributed by atoms with Crippen molar-refractivity contribution in [1.29, 1.82) is 0 Å². The van der Waals surface area contributed by atoms with Gasteiger partial charge in [0.05, 0.1) is 17.4 Å². The molecule has 0 N–H and O–H groups in total. The number of fused-ring (bicyclic) bond motifs is 2. The first kappa shape index (κ1) is 18.0. The molecule has 0 radical (unpaired) electrons. The standard InChI is InChI=1S/C22H24N6O/c1-26-13-14-28-19(18-3-2-8-24-15-18)16-25-21(28)22(26)6-11-27(12-7-22)20(29)17-4-9-23-10-5-17/h2-5,8-10,15-16H,6-7,11-14H2,1H3. The lowest BCUT2D eigenvalue weighted by atomic mass is 9.83. The van der Waals surface area contributed by atoms with Gasteiger partial charge in [-0.2, -0.15) is 0 Å². The van der Waals surface area contributed by atoms with Crippen LogP contribution in [0.25, 0.3) is 11.3 Å². The van der Waals surface area contributed by atoms with Crippen LogP contribution in [0.15, 0.2) is 55.2 Å². The van der Waals surface area contributed by atoms with E-state index >= 15 is 0 Å². The average molecular weight is 388 g/mol. The average Bonchev–Trinajstić information content (AvgIpc) is 3.23. The minimum absolute atomic E-state index is 0.0834. The van der Waals surface area contributed by atoms with Crippen LogP contribution in [-0.2, 0) is 12.1 Å². The molecule has 0 atom stereocenters. The van der Waals surface area contributed by atoms with E-state index in [1.54, 1.807) is 30.7 Å². The topological polar surface area (TPSA) is 67.2 Å². The molecule has 3 aromatic rings. The van der Waals surface area contributed by atoms with Gasteiger partial charge < -0.3 is 9.47 Å². The van der Waals surface area contributed by atoms with E-state index in [-0.39, 0.29) is 11.4 Å². The Morgan fingerprint density at radius 1 is 0.966 bits per heavy atom. The van der Waals surface area contributed by atoms with Crippen molar-refractivity contribution in [2.24, 2.45) is 0 Å². The summed E-state index contributed by atoms with van der Waals surface area (Å²) in [5.74, 6) is 1.20. The molecule has 3 aromatic heterocycles. The van der Waals surface area contributed by atoms with Crippen molar-refractivity contribution in [3.05, 3.63) is 66.6 Å². The molecule has 1 spiro atoms. The fraction of sp³-hybridized carbons (Fsp3) is 0.364. The number of rotatable bonds is 2. The van der Waals surface area contributed by atoms with Gasteiger partial charge in [0.1, 0.15) is 5.82 Å². The maximum Gasteiger partial charge on any atom is 0.253 e. The maximum absolute atomic E-state index is 12.8. The third-order valence-electron chi connectivity index (χ3n) is 6.42. The SMILES string of the molecule is CN1CCn2c(-c3cccnc3)cnc2C12CCN(C(=O)c1ccncc1)CC2. The van der Waals surface area contributed by atoms with Crippen molar-refractivity contribution in [2.75, 3.05) is 26.7 Å². The molecule has 7 heteroatoms. The lowest BCUT2D eigenvalue weighted by Crippen LogP contribution is -2.57. The molecule has 1 fully saturated rings. The number of likely N-dealkylation sites (tertiary alicyclic amines) is 1. The second-order valence-corrected chi connectivity index (χ2v) is 7.84. The number of amides is 1. The molecular formula is C22H24N6O. The fourth-order valence-corrected chi connectivity index (χ4v) is 4.71. The van der Waals surface area contributed by atoms with Gasteiger partial charge >= 0.3 is 0 Å². The van der Waals surface area contributed by atoms with E-state index < -0.39 is 0 Å². The Morgan fingerprint density at radius 2 is 1.76 bits per heavy atom. The summed E-state index contributed by atoms with van der Waals surface area (Å²) in [5, 5.41) is 0.